The Morgan fingerprint density at radius 1 is 1.06 bits per heavy atom. The third-order valence-electron chi connectivity index (χ3n) is 4.07. The first kappa shape index (κ1) is 10.8. The van der Waals surface area contributed by atoms with Crippen LogP contribution in [0.4, 0.5) is 0 Å². The van der Waals surface area contributed by atoms with Crippen molar-refractivity contribution in [2.75, 3.05) is 6.54 Å². The van der Waals surface area contributed by atoms with Crippen molar-refractivity contribution in [3.05, 3.63) is 35.4 Å². The van der Waals surface area contributed by atoms with E-state index < -0.39 is 0 Å². The zero-order valence-corrected chi connectivity index (χ0v) is 10.2. The minimum atomic E-state index is 0.354. The maximum Gasteiger partial charge on any atom is 0.223 e. The molecule has 17 heavy (non-hydrogen) atoms. The summed E-state index contributed by atoms with van der Waals surface area (Å²) in [4.78, 5) is 14.2. The molecule has 1 aromatic rings. The molecule has 0 aromatic heterocycles. The number of aryl methyl sites for hydroxylation is 1. The van der Waals surface area contributed by atoms with Crippen LogP contribution in [0.2, 0.25) is 0 Å². The summed E-state index contributed by atoms with van der Waals surface area (Å²) < 4.78 is 0. The van der Waals surface area contributed by atoms with Crippen molar-refractivity contribution < 1.29 is 4.79 Å². The van der Waals surface area contributed by atoms with Crippen molar-refractivity contribution in [1.29, 1.82) is 0 Å². The van der Waals surface area contributed by atoms with Crippen LogP contribution >= 0.6 is 0 Å². The van der Waals surface area contributed by atoms with Crippen molar-refractivity contribution in [2.24, 2.45) is 0 Å². The molecule has 2 aliphatic heterocycles. The highest BCUT2D eigenvalue weighted by atomic mass is 16.2. The number of piperidine rings is 1. The fraction of sp³-hybridized carbons (Fsp3) is 0.533. The predicted octanol–water partition coefficient (Wildman–Crippen LogP) is 3.08. The van der Waals surface area contributed by atoms with Gasteiger partial charge in [-0.25, -0.2) is 0 Å². The number of benzene rings is 1. The van der Waals surface area contributed by atoms with E-state index in [2.05, 4.69) is 29.2 Å². The fourth-order valence-electron chi connectivity index (χ4n) is 3.21. The number of carbonyl (C=O) groups excluding carboxylic acids is 1. The van der Waals surface area contributed by atoms with Crippen LogP contribution in [0.1, 0.15) is 49.3 Å². The highest BCUT2D eigenvalue weighted by Gasteiger charge is 2.30. The summed E-state index contributed by atoms with van der Waals surface area (Å²) in [5, 5.41) is 0. The van der Waals surface area contributed by atoms with Gasteiger partial charge in [0.1, 0.15) is 0 Å². The van der Waals surface area contributed by atoms with E-state index in [1.807, 2.05) is 0 Å². The molecule has 1 atom stereocenters. The second-order valence-electron chi connectivity index (χ2n) is 5.15. The van der Waals surface area contributed by atoms with E-state index in [4.69, 9.17) is 0 Å². The van der Waals surface area contributed by atoms with E-state index >= 15 is 0 Å². The summed E-state index contributed by atoms with van der Waals surface area (Å²) in [5.41, 5.74) is 2.86. The van der Waals surface area contributed by atoms with Gasteiger partial charge in [-0.3, -0.25) is 4.79 Å². The molecule has 0 saturated carbocycles. The largest absolute Gasteiger partial charge is 0.336 e. The molecule has 1 aromatic carbocycles. The molecule has 0 aliphatic carbocycles. The second kappa shape index (κ2) is 4.52. The molecule has 2 heteroatoms. The van der Waals surface area contributed by atoms with Crippen LogP contribution in [0.5, 0.6) is 0 Å². The topological polar surface area (TPSA) is 20.3 Å². The third kappa shape index (κ3) is 1.97. The van der Waals surface area contributed by atoms with Gasteiger partial charge in [0.25, 0.3) is 0 Å². The maximum absolute atomic E-state index is 12.0. The summed E-state index contributed by atoms with van der Waals surface area (Å²) in [7, 11) is 0. The van der Waals surface area contributed by atoms with Crippen LogP contribution in [0.3, 0.4) is 0 Å². The van der Waals surface area contributed by atoms with Gasteiger partial charge in [-0.15, -0.1) is 0 Å². The summed E-state index contributed by atoms with van der Waals surface area (Å²) in [6.07, 6.45) is 6.47. The molecule has 2 nitrogen and oxygen atoms in total. The van der Waals surface area contributed by atoms with Crippen LogP contribution in [0, 0.1) is 0 Å². The van der Waals surface area contributed by atoms with E-state index in [0.717, 1.165) is 32.2 Å². The summed E-state index contributed by atoms with van der Waals surface area (Å²) >= 11 is 0. The fourth-order valence-corrected chi connectivity index (χ4v) is 3.21. The first-order valence-electron chi connectivity index (χ1n) is 6.73. The van der Waals surface area contributed by atoms with Crippen molar-refractivity contribution in [2.45, 2.75) is 44.6 Å². The quantitative estimate of drug-likeness (QED) is 0.669. The van der Waals surface area contributed by atoms with Gasteiger partial charge < -0.3 is 4.90 Å². The van der Waals surface area contributed by atoms with Gasteiger partial charge in [0.2, 0.25) is 5.91 Å². The van der Waals surface area contributed by atoms with E-state index in [1.165, 1.54) is 24.0 Å². The van der Waals surface area contributed by atoms with Crippen LogP contribution in [0.15, 0.2) is 24.3 Å². The second-order valence-corrected chi connectivity index (χ2v) is 5.15. The molecule has 0 spiro atoms. The number of fused-ring (bicyclic) bond motifs is 3. The SMILES string of the molecule is O=C1CCCC2c3ccccc3CCCCN12. The minimum absolute atomic E-state index is 0.354. The molecule has 0 N–H and O–H groups in total. The summed E-state index contributed by atoms with van der Waals surface area (Å²) in [6.45, 7) is 0.956. The van der Waals surface area contributed by atoms with Crippen LogP contribution < -0.4 is 0 Å². The Bertz CT molecular complexity index is 427. The number of hydrogen-bond donors (Lipinski definition) is 0. The number of hydrogen-bond acceptors (Lipinski definition) is 1. The number of nitrogens with zero attached hydrogens (tertiary/aromatic N) is 1. The Morgan fingerprint density at radius 2 is 1.94 bits per heavy atom. The number of amides is 1. The Kier molecular flexibility index (Phi) is 2.87. The Labute approximate surface area is 103 Å². The van der Waals surface area contributed by atoms with Crippen molar-refractivity contribution in [3.63, 3.8) is 0 Å². The van der Waals surface area contributed by atoms with Crippen molar-refractivity contribution in [3.8, 4) is 0 Å². The first-order chi connectivity index (χ1) is 8.36. The highest BCUT2D eigenvalue weighted by Crippen LogP contribution is 2.35. The van der Waals surface area contributed by atoms with E-state index in [1.54, 1.807) is 0 Å². The van der Waals surface area contributed by atoms with Crippen molar-refractivity contribution in [1.82, 2.24) is 4.90 Å². The van der Waals surface area contributed by atoms with Crippen LogP contribution in [-0.2, 0) is 11.2 Å². The zero-order chi connectivity index (χ0) is 11.7. The first-order valence-corrected chi connectivity index (χ1v) is 6.73. The molecular formula is C15H19NO. The Hall–Kier alpha value is -1.31. The Morgan fingerprint density at radius 3 is 2.88 bits per heavy atom. The van der Waals surface area contributed by atoms with Gasteiger partial charge >= 0.3 is 0 Å². The average molecular weight is 229 g/mol. The zero-order valence-electron chi connectivity index (χ0n) is 10.2. The normalized spacial score (nSPS) is 24.6. The Balaban J connectivity index is 2.01. The lowest BCUT2D eigenvalue weighted by molar-refractivity contribution is -0.136. The van der Waals surface area contributed by atoms with Crippen LogP contribution in [-0.4, -0.2) is 17.4 Å². The lowest BCUT2D eigenvalue weighted by Gasteiger charge is -2.38. The summed E-state index contributed by atoms with van der Waals surface area (Å²) in [6, 6.07) is 9.04. The summed E-state index contributed by atoms with van der Waals surface area (Å²) in [5.74, 6) is 0.359. The lowest BCUT2D eigenvalue weighted by atomic mass is 9.88. The van der Waals surface area contributed by atoms with Gasteiger partial charge in [-0.2, -0.15) is 0 Å². The van der Waals surface area contributed by atoms with Gasteiger partial charge in [-0.05, 0) is 43.2 Å². The molecule has 2 heterocycles. The number of rotatable bonds is 0. The van der Waals surface area contributed by atoms with E-state index in [9.17, 15) is 4.79 Å². The molecule has 2 aliphatic rings. The van der Waals surface area contributed by atoms with Gasteiger partial charge in [0, 0.05) is 13.0 Å². The van der Waals surface area contributed by atoms with Gasteiger partial charge in [-0.1, -0.05) is 24.3 Å². The average Bonchev–Trinajstić information content (AvgIpc) is 2.33. The molecular weight excluding hydrogens is 210 g/mol. The van der Waals surface area contributed by atoms with Crippen LogP contribution in [0.25, 0.3) is 0 Å². The molecule has 1 fully saturated rings. The molecule has 0 radical (unpaired) electrons. The van der Waals surface area contributed by atoms with E-state index in [0.29, 0.717) is 11.9 Å². The molecule has 1 amide bonds. The highest BCUT2D eigenvalue weighted by molar-refractivity contribution is 5.77. The standard InChI is InChI=1S/C15H19NO/c17-15-10-5-9-14-13-8-2-1-6-12(13)7-3-4-11-16(14)15/h1-2,6,8,14H,3-5,7,9-11H2. The molecule has 3 rings (SSSR count). The van der Waals surface area contributed by atoms with Gasteiger partial charge in [0.15, 0.2) is 0 Å². The maximum atomic E-state index is 12.0. The minimum Gasteiger partial charge on any atom is -0.336 e. The van der Waals surface area contributed by atoms with Gasteiger partial charge in [0.05, 0.1) is 6.04 Å². The molecule has 90 valence electrons. The third-order valence-corrected chi connectivity index (χ3v) is 4.07. The number of carbonyl (C=O) groups is 1. The van der Waals surface area contributed by atoms with E-state index in [-0.39, 0.29) is 0 Å². The smallest absolute Gasteiger partial charge is 0.223 e. The monoisotopic (exact) mass is 229 g/mol. The predicted molar refractivity (Wildman–Crippen MR) is 67.7 cm³/mol. The van der Waals surface area contributed by atoms with Crippen molar-refractivity contribution >= 4 is 5.91 Å². The molecule has 0 bridgehead atoms. The molecule has 1 saturated heterocycles. The lowest BCUT2D eigenvalue weighted by Crippen LogP contribution is -2.40. The molecule has 1 unspecified atom stereocenters.